The summed E-state index contributed by atoms with van der Waals surface area (Å²) in [6.07, 6.45) is 4.91. The molecule has 2 heterocycles. The number of ether oxygens (including phenoxy) is 2. The van der Waals surface area contributed by atoms with Crippen LogP contribution in [-0.2, 0) is 19.4 Å². The number of aryl methyl sites for hydroxylation is 2. The topological polar surface area (TPSA) is 56.3 Å². The maximum atomic E-state index is 12.4. The van der Waals surface area contributed by atoms with Crippen LogP contribution in [0.5, 0.6) is 11.5 Å². The lowest BCUT2D eigenvalue weighted by Crippen LogP contribution is -2.06. The van der Waals surface area contributed by atoms with Crippen molar-refractivity contribution in [1.29, 1.82) is 0 Å². The van der Waals surface area contributed by atoms with E-state index in [0.717, 1.165) is 34.4 Å². The summed E-state index contributed by atoms with van der Waals surface area (Å²) in [5.74, 6) is 1.10. The molecule has 0 amide bonds. The zero-order valence-corrected chi connectivity index (χ0v) is 14.9. The van der Waals surface area contributed by atoms with Gasteiger partial charge in [-0.25, -0.2) is 9.97 Å². The van der Waals surface area contributed by atoms with Gasteiger partial charge in [0, 0.05) is 11.4 Å². The lowest BCUT2D eigenvalue weighted by molar-refractivity contribution is -0.0512. The Labute approximate surface area is 153 Å². The van der Waals surface area contributed by atoms with Gasteiger partial charge in [-0.2, -0.15) is 8.78 Å². The number of nitrogens with zero attached hydrogens (tertiary/aromatic N) is 2. The minimum absolute atomic E-state index is 0.0198. The van der Waals surface area contributed by atoms with Crippen molar-refractivity contribution in [3.05, 3.63) is 40.5 Å². The van der Waals surface area contributed by atoms with Crippen molar-refractivity contribution in [2.75, 3.05) is 12.4 Å². The van der Waals surface area contributed by atoms with Gasteiger partial charge < -0.3 is 14.8 Å². The van der Waals surface area contributed by atoms with Crippen LogP contribution in [0.1, 0.15) is 22.4 Å². The van der Waals surface area contributed by atoms with Gasteiger partial charge in [0.25, 0.3) is 0 Å². The lowest BCUT2D eigenvalue weighted by Gasteiger charge is -2.12. The van der Waals surface area contributed by atoms with Crippen LogP contribution in [0.2, 0.25) is 0 Å². The Kier molecular flexibility index (Phi) is 4.58. The van der Waals surface area contributed by atoms with Crippen LogP contribution in [-0.4, -0.2) is 23.7 Å². The van der Waals surface area contributed by atoms with E-state index in [4.69, 9.17) is 4.74 Å². The molecule has 3 aromatic rings. The van der Waals surface area contributed by atoms with Crippen LogP contribution in [0.3, 0.4) is 0 Å². The van der Waals surface area contributed by atoms with Crippen molar-refractivity contribution >= 4 is 27.4 Å². The number of aromatic nitrogens is 2. The van der Waals surface area contributed by atoms with Gasteiger partial charge in [0.15, 0.2) is 11.5 Å². The van der Waals surface area contributed by atoms with Crippen molar-refractivity contribution < 1.29 is 18.3 Å². The number of hydrogen-bond acceptors (Lipinski definition) is 6. The number of benzene rings is 1. The van der Waals surface area contributed by atoms with Crippen LogP contribution in [0.4, 0.5) is 14.6 Å². The molecule has 1 N–H and O–H groups in total. The highest BCUT2D eigenvalue weighted by atomic mass is 32.1. The fourth-order valence-electron chi connectivity index (χ4n) is 3.26. The average molecular weight is 377 g/mol. The lowest BCUT2D eigenvalue weighted by atomic mass is 10.1. The monoisotopic (exact) mass is 377 g/mol. The number of halogens is 2. The molecular weight excluding hydrogens is 360 g/mol. The first kappa shape index (κ1) is 17.0. The van der Waals surface area contributed by atoms with E-state index in [0.29, 0.717) is 6.54 Å². The fraction of sp³-hybridized carbons (Fsp3) is 0.333. The summed E-state index contributed by atoms with van der Waals surface area (Å²) in [7, 11) is 1.42. The highest BCUT2D eigenvalue weighted by Crippen LogP contribution is 2.39. The number of thiophene rings is 1. The molecule has 0 saturated heterocycles. The first-order chi connectivity index (χ1) is 12.7. The summed E-state index contributed by atoms with van der Waals surface area (Å²) >= 11 is 1.74. The first-order valence-corrected chi connectivity index (χ1v) is 9.08. The molecule has 5 nitrogen and oxygen atoms in total. The minimum atomic E-state index is -2.89. The Bertz CT molecular complexity index is 946. The maximum absolute atomic E-state index is 12.4. The van der Waals surface area contributed by atoms with E-state index in [1.165, 1.54) is 30.0 Å². The number of rotatable bonds is 6. The van der Waals surface area contributed by atoms with E-state index >= 15 is 0 Å². The molecule has 8 heteroatoms. The molecule has 4 rings (SSSR count). The SMILES string of the molecule is COc1cc(CNc2ncnc3sc4c(c23)CCC4)ccc1OC(F)F. The Hall–Kier alpha value is -2.48. The summed E-state index contributed by atoms with van der Waals surface area (Å²) in [4.78, 5) is 11.2. The van der Waals surface area contributed by atoms with Crippen molar-refractivity contribution in [1.82, 2.24) is 9.97 Å². The third kappa shape index (κ3) is 3.16. The molecule has 0 radical (unpaired) electrons. The van der Waals surface area contributed by atoms with E-state index < -0.39 is 6.61 Å². The third-order valence-electron chi connectivity index (χ3n) is 4.41. The van der Waals surface area contributed by atoms with Crippen LogP contribution >= 0.6 is 11.3 Å². The Morgan fingerprint density at radius 2 is 2.12 bits per heavy atom. The molecule has 0 unspecified atom stereocenters. The maximum Gasteiger partial charge on any atom is 0.387 e. The zero-order valence-electron chi connectivity index (χ0n) is 14.1. The Morgan fingerprint density at radius 1 is 1.23 bits per heavy atom. The normalized spacial score (nSPS) is 13.2. The van der Waals surface area contributed by atoms with Crippen molar-refractivity contribution in [3.63, 3.8) is 0 Å². The van der Waals surface area contributed by atoms with Crippen LogP contribution in [0.25, 0.3) is 10.2 Å². The molecule has 1 aliphatic carbocycles. The quantitative estimate of drug-likeness (QED) is 0.690. The summed E-state index contributed by atoms with van der Waals surface area (Å²) in [6.45, 7) is -2.40. The van der Waals surface area contributed by atoms with Gasteiger partial charge in [0.1, 0.15) is 17.0 Å². The molecule has 26 heavy (non-hydrogen) atoms. The summed E-state index contributed by atoms with van der Waals surface area (Å²) in [5.41, 5.74) is 2.23. The first-order valence-electron chi connectivity index (χ1n) is 8.26. The summed E-state index contributed by atoms with van der Waals surface area (Å²) < 4.78 is 34.5. The molecule has 0 fully saturated rings. The van der Waals surface area contributed by atoms with Crippen LogP contribution < -0.4 is 14.8 Å². The number of methoxy groups -OCH3 is 1. The number of nitrogens with one attached hydrogen (secondary N) is 1. The molecule has 1 aromatic carbocycles. The number of alkyl halides is 2. The van der Waals surface area contributed by atoms with Gasteiger partial charge in [-0.3, -0.25) is 0 Å². The molecule has 1 aliphatic rings. The van der Waals surface area contributed by atoms with Crippen molar-refractivity contribution in [2.24, 2.45) is 0 Å². The number of hydrogen-bond donors (Lipinski definition) is 1. The van der Waals surface area contributed by atoms with Crippen LogP contribution in [0, 0.1) is 0 Å². The van der Waals surface area contributed by atoms with Crippen LogP contribution in [0.15, 0.2) is 24.5 Å². The Balaban J connectivity index is 1.57. The van der Waals surface area contributed by atoms with Gasteiger partial charge in [-0.05, 0) is 42.5 Å². The molecule has 0 saturated carbocycles. The van der Waals surface area contributed by atoms with E-state index in [1.54, 1.807) is 29.8 Å². The molecule has 0 atom stereocenters. The van der Waals surface area contributed by atoms with Gasteiger partial charge in [-0.15, -0.1) is 11.3 Å². The van der Waals surface area contributed by atoms with Crippen molar-refractivity contribution in [3.8, 4) is 11.5 Å². The van der Waals surface area contributed by atoms with Gasteiger partial charge in [0.05, 0.1) is 12.5 Å². The van der Waals surface area contributed by atoms with E-state index in [-0.39, 0.29) is 11.5 Å². The van der Waals surface area contributed by atoms with Gasteiger partial charge in [-0.1, -0.05) is 6.07 Å². The molecule has 2 aromatic heterocycles. The van der Waals surface area contributed by atoms with Gasteiger partial charge >= 0.3 is 6.61 Å². The second kappa shape index (κ2) is 7.03. The standard InChI is InChI=1S/C18H17F2N3O2S/c1-24-13-7-10(5-6-12(13)25-18(19)20)8-21-16-15-11-3-2-4-14(11)26-17(15)23-9-22-16/h5-7,9,18H,2-4,8H2,1H3,(H,21,22,23). The predicted molar refractivity (Wildman–Crippen MR) is 96.4 cm³/mol. The van der Waals surface area contributed by atoms with E-state index in [9.17, 15) is 8.78 Å². The van der Waals surface area contributed by atoms with E-state index in [2.05, 4.69) is 20.0 Å². The summed E-state index contributed by atoms with van der Waals surface area (Å²) in [6, 6.07) is 4.89. The highest BCUT2D eigenvalue weighted by Gasteiger charge is 2.21. The second-order valence-corrected chi connectivity index (χ2v) is 7.06. The molecular formula is C18H17F2N3O2S. The third-order valence-corrected chi connectivity index (χ3v) is 5.61. The highest BCUT2D eigenvalue weighted by molar-refractivity contribution is 7.19. The fourth-order valence-corrected chi connectivity index (χ4v) is 4.49. The largest absolute Gasteiger partial charge is 0.493 e. The predicted octanol–water partition coefficient (Wildman–Crippen LogP) is 4.40. The molecule has 0 spiro atoms. The number of fused-ring (bicyclic) bond motifs is 3. The minimum Gasteiger partial charge on any atom is -0.493 e. The molecule has 0 bridgehead atoms. The molecule has 136 valence electrons. The van der Waals surface area contributed by atoms with Gasteiger partial charge in [0.2, 0.25) is 0 Å². The average Bonchev–Trinajstić information content (AvgIpc) is 3.21. The zero-order chi connectivity index (χ0) is 18.1. The molecule has 0 aliphatic heterocycles. The second-order valence-electron chi connectivity index (χ2n) is 5.98. The summed E-state index contributed by atoms with van der Waals surface area (Å²) in [5, 5.41) is 4.45. The smallest absolute Gasteiger partial charge is 0.387 e. The number of anilines is 1. The van der Waals surface area contributed by atoms with Crippen molar-refractivity contribution in [2.45, 2.75) is 32.4 Å². The Morgan fingerprint density at radius 3 is 2.92 bits per heavy atom. The van der Waals surface area contributed by atoms with E-state index in [1.807, 2.05) is 0 Å².